The van der Waals surface area contributed by atoms with Crippen molar-refractivity contribution >= 4 is 22.4 Å². The Morgan fingerprint density at radius 2 is 2.17 bits per heavy atom. The van der Waals surface area contributed by atoms with Gasteiger partial charge in [0.25, 0.3) is 0 Å². The zero-order valence-electron chi connectivity index (χ0n) is 12.8. The number of carbonyl (C=O) groups is 1. The van der Waals surface area contributed by atoms with Crippen LogP contribution in [0.25, 0.3) is 11.3 Å². The van der Waals surface area contributed by atoms with Gasteiger partial charge in [-0.3, -0.25) is 9.78 Å². The van der Waals surface area contributed by atoms with Gasteiger partial charge in [-0.2, -0.15) is 0 Å². The Bertz CT molecular complexity index is 799. The van der Waals surface area contributed by atoms with E-state index < -0.39 is 0 Å². The minimum absolute atomic E-state index is 0.0152. The van der Waals surface area contributed by atoms with E-state index in [0.29, 0.717) is 11.6 Å². The molecule has 3 aromatic rings. The molecule has 3 rings (SSSR count). The molecule has 0 atom stereocenters. The van der Waals surface area contributed by atoms with Crippen molar-refractivity contribution in [1.29, 1.82) is 0 Å². The highest BCUT2D eigenvalue weighted by Gasteiger charge is 2.08. The van der Waals surface area contributed by atoms with E-state index in [4.69, 9.17) is 0 Å². The molecular weight excluding hydrogens is 306 g/mol. The fourth-order valence-corrected chi connectivity index (χ4v) is 3.02. The van der Waals surface area contributed by atoms with Crippen LogP contribution in [0.2, 0.25) is 0 Å². The number of rotatable bonds is 5. The number of anilines is 1. The van der Waals surface area contributed by atoms with Crippen molar-refractivity contribution in [3.63, 3.8) is 0 Å². The van der Waals surface area contributed by atoms with Crippen LogP contribution in [0, 0.1) is 6.92 Å². The first kappa shape index (κ1) is 15.4. The van der Waals surface area contributed by atoms with Gasteiger partial charge in [-0.15, -0.1) is 11.3 Å². The number of carbonyl (C=O) groups excluding carboxylic acids is 1. The number of hydrogen-bond donors (Lipinski definition) is 1. The normalized spacial score (nSPS) is 10.5. The number of aromatic nitrogens is 2. The molecule has 0 radical (unpaired) electrons. The second kappa shape index (κ2) is 7.15. The van der Waals surface area contributed by atoms with Crippen molar-refractivity contribution in [1.82, 2.24) is 9.97 Å². The Morgan fingerprint density at radius 1 is 1.26 bits per heavy atom. The summed E-state index contributed by atoms with van der Waals surface area (Å²) in [4.78, 5) is 20.6. The molecule has 2 heterocycles. The van der Waals surface area contributed by atoms with Gasteiger partial charge < -0.3 is 5.32 Å². The van der Waals surface area contributed by atoms with Crippen LogP contribution in [-0.2, 0) is 11.2 Å². The molecule has 23 heavy (non-hydrogen) atoms. The number of nitrogens with zero attached hydrogens (tertiary/aromatic N) is 2. The van der Waals surface area contributed by atoms with Crippen LogP contribution >= 0.6 is 11.3 Å². The molecule has 0 aliphatic rings. The third kappa shape index (κ3) is 4.23. The molecule has 2 aromatic heterocycles. The van der Waals surface area contributed by atoms with Crippen molar-refractivity contribution in [2.45, 2.75) is 19.8 Å². The SMILES string of the molecule is Cc1cccc(CCC(=O)Nc2nc(-c3cccnc3)cs2)c1. The average Bonchev–Trinajstić information content (AvgIpc) is 3.02. The van der Waals surface area contributed by atoms with Crippen molar-refractivity contribution in [3.8, 4) is 11.3 Å². The first-order valence-corrected chi connectivity index (χ1v) is 8.30. The monoisotopic (exact) mass is 323 g/mol. The maximum Gasteiger partial charge on any atom is 0.226 e. The van der Waals surface area contributed by atoms with Crippen molar-refractivity contribution in [3.05, 3.63) is 65.3 Å². The Hall–Kier alpha value is -2.53. The van der Waals surface area contributed by atoms with Crippen LogP contribution in [0.1, 0.15) is 17.5 Å². The summed E-state index contributed by atoms with van der Waals surface area (Å²) in [5.74, 6) is -0.0152. The maximum atomic E-state index is 12.1. The summed E-state index contributed by atoms with van der Waals surface area (Å²) in [5, 5.41) is 5.41. The highest BCUT2D eigenvalue weighted by molar-refractivity contribution is 7.14. The predicted molar refractivity (Wildman–Crippen MR) is 93.5 cm³/mol. The van der Waals surface area contributed by atoms with Crippen LogP contribution in [0.15, 0.2) is 54.2 Å². The summed E-state index contributed by atoms with van der Waals surface area (Å²) in [6.45, 7) is 2.05. The molecule has 1 amide bonds. The van der Waals surface area contributed by atoms with Crippen LogP contribution in [0.3, 0.4) is 0 Å². The van der Waals surface area contributed by atoms with E-state index in [1.165, 1.54) is 22.5 Å². The lowest BCUT2D eigenvalue weighted by atomic mass is 10.1. The van der Waals surface area contributed by atoms with Crippen molar-refractivity contribution < 1.29 is 4.79 Å². The number of thiazole rings is 1. The molecule has 0 spiro atoms. The summed E-state index contributed by atoms with van der Waals surface area (Å²) in [6.07, 6.45) is 4.67. The van der Waals surface area contributed by atoms with Crippen LogP contribution in [0.4, 0.5) is 5.13 Å². The minimum Gasteiger partial charge on any atom is -0.302 e. The summed E-state index contributed by atoms with van der Waals surface area (Å²) in [7, 11) is 0. The van der Waals surface area contributed by atoms with Gasteiger partial charge in [0, 0.05) is 29.8 Å². The van der Waals surface area contributed by atoms with E-state index >= 15 is 0 Å². The lowest BCUT2D eigenvalue weighted by Gasteiger charge is -2.03. The number of amides is 1. The third-order valence-corrected chi connectivity index (χ3v) is 4.19. The zero-order valence-corrected chi connectivity index (χ0v) is 13.6. The molecule has 5 heteroatoms. The van der Waals surface area contributed by atoms with E-state index in [1.54, 1.807) is 12.4 Å². The van der Waals surface area contributed by atoms with E-state index in [-0.39, 0.29) is 5.91 Å². The average molecular weight is 323 g/mol. The smallest absolute Gasteiger partial charge is 0.226 e. The fourth-order valence-electron chi connectivity index (χ4n) is 2.29. The summed E-state index contributed by atoms with van der Waals surface area (Å²) in [5.41, 5.74) is 4.17. The van der Waals surface area contributed by atoms with Crippen LogP contribution < -0.4 is 5.32 Å². The largest absolute Gasteiger partial charge is 0.302 e. The molecule has 0 unspecified atom stereocenters. The Morgan fingerprint density at radius 3 is 2.96 bits per heavy atom. The molecule has 0 aliphatic carbocycles. The summed E-state index contributed by atoms with van der Waals surface area (Å²) < 4.78 is 0. The molecule has 116 valence electrons. The topological polar surface area (TPSA) is 54.9 Å². The van der Waals surface area contributed by atoms with Crippen molar-refractivity contribution in [2.24, 2.45) is 0 Å². The number of hydrogen-bond acceptors (Lipinski definition) is 4. The van der Waals surface area contributed by atoms with Crippen molar-refractivity contribution in [2.75, 3.05) is 5.32 Å². The number of nitrogens with one attached hydrogen (secondary N) is 1. The minimum atomic E-state index is -0.0152. The van der Waals surface area contributed by atoms with E-state index in [1.807, 2.05) is 29.6 Å². The number of pyridine rings is 1. The first-order valence-electron chi connectivity index (χ1n) is 7.42. The molecule has 0 fully saturated rings. The highest BCUT2D eigenvalue weighted by atomic mass is 32.1. The maximum absolute atomic E-state index is 12.1. The second-order valence-corrected chi connectivity index (χ2v) is 6.17. The van der Waals surface area contributed by atoms with Gasteiger partial charge in [-0.25, -0.2) is 4.98 Å². The standard InChI is InChI=1S/C18H17N3OS/c1-13-4-2-5-14(10-13)7-8-17(22)21-18-20-16(12-23-18)15-6-3-9-19-11-15/h2-6,9-12H,7-8H2,1H3,(H,20,21,22). The Labute approximate surface area is 139 Å². The molecule has 0 saturated heterocycles. The highest BCUT2D eigenvalue weighted by Crippen LogP contribution is 2.24. The molecule has 1 N–H and O–H groups in total. The number of aryl methyl sites for hydroxylation is 2. The lowest BCUT2D eigenvalue weighted by Crippen LogP contribution is -2.12. The molecular formula is C18H17N3OS. The summed E-state index contributed by atoms with van der Waals surface area (Å²) in [6, 6.07) is 12.0. The molecule has 0 saturated carbocycles. The molecule has 0 bridgehead atoms. The molecule has 4 nitrogen and oxygen atoms in total. The third-order valence-electron chi connectivity index (χ3n) is 3.43. The van der Waals surface area contributed by atoms with Gasteiger partial charge in [-0.05, 0) is 31.0 Å². The Kier molecular flexibility index (Phi) is 4.78. The van der Waals surface area contributed by atoms with Gasteiger partial charge in [-0.1, -0.05) is 29.8 Å². The van der Waals surface area contributed by atoms with Crippen LogP contribution in [0.5, 0.6) is 0 Å². The predicted octanol–water partition coefficient (Wildman–Crippen LogP) is 4.08. The number of benzene rings is 1. The quantitative estimate of drug-likeness (QED) is 0.769. The van der Waals surface area contributed by atoms with Gasteiger partial charge in [0.05, 0.1) is 5.69 Å². The Balaban J connectivity index is 1.57. The lowest BCUT2D eigenvalue weighted by molar-refractivity contribution is -0.116. The van der Waals surface area contributed by atoms with Crippen LogP contribution in [-0.4, -0.2) is 15.9 Å². The second-order valence-electron chi connectivity index (χ2n) is 5.32. The molecule has 0 aliphatic heterocycles. The fraction of sp³-hybridized carbons (Fsp3) is 0.167. The van der Waals surface area contributed by atoms with Gasteiger partial charge in [0.1, 0.15) is 0 Å². The summed E-state index contributed by atoms with van der Waals surface area (Å²) >= 11 is 1.43. The van der Waals surface area contributed by atoms with E-state index in [9.17, 15) is 4.79 Å². The first-order chi connectivity index (χ1) is 11.2. The van der Waals surface area contributed by atoms with Gasteiger partial charge >= 0.3 is 0 Å². The van der Waals surface area contributed by atoms with E-state index in [2.05, 4.69) is 34.3 Å². The zero-order chi connectivity index (χ0) is 16.1. The van der Waals surface area contributed by atoms with Gasteiger partial charge in [0.15, 0.2) is 5.13 Å². The molecule has 1 aromatic carbocycles. The van der Waals surface area contributed by atoms with E-state index in [0.717, 1.165) is 17.7 Å². The van der Waals surface area contributed by atoms with Gasteiger partial charge in [0.2, 0.25) is 5.91 Å².